The van der Waals surface area contributed by atoms with Crippen LogP contribution in [-0.4, -0.2) is 24.9 Å². The minimum atomic E-state index is -4.22. The number of rotatable bonds is 6. The van der Waals surface area contributed by atoms with Crippen molar-refractivity contribution < 1.29 is 17.9 Å². The van der Waals surface area contributed by atoms with Crippen molar-refractivity contribution >= 4 is 23.4 Å². The summed E-state index contributed by atoms with van der Waals surface area (Å²) in [4.78, 5) is 0. The molecule has 0 heterocycles. The summed E-state index contributed by atoms with van der Waals surface area (Å²) in [6.07, 6.45) is 0. The second kappa shape index (κ2) is 7.11. The van der Waals surface area contributed by atoms with Crippen molar-refractivity contribution in [3.63, 3.8) is 0 Å². The maximum atomic E-state index is 11.9. The summed E-state index contributed by atoms with van der Waals surface area (Å²) in [7, 11) is 1.81. The number of thioether (sulfide) groups is 1. The fourth-order valence-electron chi connectivity index (χ4n) is 1.28. The summed E-state index contributed by atoms with van der Waals surface area (Å²) in [6.45, 7) is 0.638. The SMILES string of the molecule is CNCc1ccc(OCCSC(F)(F)F)c(Cl)c1. The van der Waals surface area contributed by atoms with E-state index in [0.717, 1.165) is 5.56 Å². The largest absolute Gasteiger partial charge is 0.491 e. The molecule has 0 aromatic heterocycles. The predicted octanol–water partition coefficient (Wildman–Crippen LogP) is 3.69. The van der Waals surface area contributed by atoms with E-state index in [-0.39, 0.29) is 24.1 Å². The zero-order valence-corrected chi connectivity index (χ0v) is 11.3. The number of hydrogen-bond donors (Lipinski definition) is 1. The van der Waals surface area contributed by atoms with Crippen LogP contribution in [0, 0.1) is 0 Å². The Labute approximate surface area is 113 Å². The molecule has 0 radical (unpaired) electrons. The molecule has 18 heavy (non-hydrogen) atoms. The van der Waals surface area contributed by atoms with E-state index in [0.29, 0.717) is 17.3 Å². The van der Waals surface area contributed by atoms with E-state index in [1.807, 2.05) is 13.1 Å². The van der Waals surface area contributed by atoms with Crippen LogP contribution in [0.5, 0.6) is 5.75 Å². The Morgan fingerprint density at radius 3 is 2.67 bits per heavy atom. The highest BCUT2D eigenvalue weighted by molar-refractivity contribution is 8.00. The van der Waals surface area contributed by atoms with Crippen LogP contribution < -0.4 is 10.1 Å². The van der Waals surface area contributed by atoms with Gasteiger partial charge in [-0.25, -0.2) is 0 Å². The van der Waals surface area contributed by atoms with Gasteiger partial charge in [0.25, 0.3) is 0 Å². The molecular weight excluding hydrogens is 287 g/mol. The van der Waals surface area contributed by atoms with E-state index in [4.69, 9.17) is 16.3 Å². The Kier molecular flexibility index (Phi) is 6.11. The van der Waals surface area contributed by atoms with Crippen LogP contribution in [0.25, 0.3) is 0 Å². The number of nitrogens with one attached hydrogen (secondary N) is 1. The van der Waals surface area contributed by atoms with Crippen LogP contribution in [0.1, 0.15) is 5.56 Å². The van der Waals surface area contributed by atoms with E-state index in [1.165, 1.54) is 0 Å². The van der Waals surface area contributed by atoms with Gasteiger partial charge in [0.1, 0.15) is 5.75 Å². The molecule has 1 aromatic rings. The first-order chi connectivity index (χ1) is 8.42. The predicted molar refractivity (Wildman–Crippen MR) is 68.2 cm³/mol. The smallest absolute Gasteiger partial charge is 0.441 e. The Hall–Kier alpha value is -0.590. The van der Waals surface area contributed by atoms with Crippen LogP contribution in [0.2, 0.25) is 5.02 Å². The second-order valence-corrected chi connectivity index (χ2v) is 5.00. The molecular formula is C11H13ClF3NOS. The molecule has 1 N–H and O–H groups in total. The average Bonchev–Trinajstić information content (AvgIpc) is 2.26. The minimum Gasteiger partial charge on any atom is -0.491 e. The molecule has 0 saturated heterocycles. The van der Waals surface area contributed by atoms with E-state index < -0.39 is 5.51 Å². The van der Waals surface area contributed by atoms with Crippen LogP contribution in [0.4, 0.5) is 13.2 Å². The van der Waals surface area contributed by atoms with Crippen molar-refractivity contribution in [2.45, 2.75) is 12.1 Å². The third kappa shape index (κ3) is 5.84. The van der Waals surface area contributed by atoms with Gasteiger partial charge >= 0.3 is 5.51 Å². The number of benzene rings is 1. The van der Waals surface area contributed by atoms with Gasteiger partial charge in [-0.2, -0.15) is 13.2 Å². The van der Waals surface area contributed by atoms with Crippen molar-refractivity contribution in [1.29, 1.82) is 0 Å². The number of halogens is 4. The highest BCUT2D eigenvalue weighted by atomic mass is 35.5. The summed E-state index contributed by atoms with van der Waals surface area (Å²) in [5, 5.41) is 3.37. The molecule has 2 nitrogen and oxygen atoms in total. The molecule has 0 aliphatic carbocycles. The molecule has 0 fully saturated rings. The summed E-state index contributed by atoms with van der Waals surface area (Å²) in [5.41, 5.74) is -3.23. The molecule has 102 valence electrons. The fourth-order valence-corrected chi connectivity index (χ4v) is 1.94. The number of hydrogen-bond acceptors (Lipinski definition) is 3. The first-order valence-electron chi connectivity index (χ1n) is 5.19. The van der Waals surface area contributed by atoms with Crippen molar-refractivity contribution in [3.8, 4) is 5.75 Å². The van der Waals surface area contributed by atoms with Gasteiger partial charge in [-0.05, 0) is 36.5 Å². The van der Waals surface area contributed by atoms with E-state index in [9.17, 15) is 13.2 Å². The molecule has 0 saturated carbocycles. The normalized spacial score (nSPS) is 11.6. The Morgan fingerprint density at radius 2 is 2.11 bits per heavy atom. The Morgan fingerprint density at radius 1 is 1.39 bits per heavy atom. The van der Waals surface area contributed by atoms with Crippen molar-refractivity contribution in [1.82, 2.24) is 5.32 Å². The van der Waals surface area contributed by atoms with Gasteiger partial charge in [0, 0.05) is 12.3 Å². The van der Waals surface area contributed by atoms with E-state index in [2.05, 4.69) is 5.32 Å². The summed E-state index contributed by atoms with van der Waals surface area (Å²) < 4.78 is 40.8. The van der Waals surface area contributed by atoms with Crippen LogP contribution in [0.15, 0.2) is 18.2 Å². The lowest BCUT2D eigenvalue weighted by Gasteiger charge is -2.10. The topological polar surface area (TPSA) is 21.3 Å². The molecule has 0 aliphatic rings. The molecule has 0 unspecified atom stereocenters. The molecule has 0 aliphatic heterocycles. The van der Waals surface area contributed by atoms with Gasteiger partial charge in [0.2, 0.25) is 0 Å². The van der Waals surface area contributed by atoms with Crippen molar-refractivity contribution in [2.24, 2.45) is 0 Å². The first-order valence-corrected chi connectivity index (χ1v) is 6.55. The Balaban J connectivity index is 2.43. The lowest BCUT2D eigenvalue weighted by atomic mass is 10.2. The van der Waals surface area contributed by atoms with Crippen molar-refractivity contribution in [3.05, 3.63) is 28.8 Å². The van der Waals surface area contributed by atoms with Gasteiger partial charge in [-0.15, -0.1) is 0 Å². The standard InChI is InChI=1S/C11H13ClF3NOS/c1-16-7-8-2-3-10(9(12)6-8)17-4-5-18-11(13,14)15/h2-3,6,16H,4-5,7H2,1H3. The third-order valence-corrected chi connectivity index (χ3v) is 2.98. The van der Waals surface area contributed by atoms with Crippen LogP contribution in [0.3, 0.4) is 0 Å². The molecule has 1 rings (SSSR count). The first kappa shape index (κ1) is 15.5. The van der Waals surface area contributed by atoms with Gasteiger partial charge in [0.15, 0.2) is 0 Å². The molecule has 0 atom stereocenters. The van der Waals surface area contributed by atoms with Crippen LogP contribution in [-0.2, 0) is 6.54 Å². The maximum absolute atomic E-state index is 11.9. The summed E-state index contributed by atoms with van der Waals surface area (Å²) in [5.74, 6) is 0.247. The van der Waals surface area contributed by atoms with Gasteiger partial charge in [-0.1, -0.05) is 17.7 Å². The molecule has 1 aromatic carbocycles. The lowest BCUT2D eigenvalue weighted by molar-refractivity contribution is -0.0329. The monoisotopic (exact) mass is 299 g/mol. The summed E-state index contributed by atoms with van der Waals surface area (Å²) in [6, 6.07) is 5.20. The molecule has 0 bridgehead atoms. The fraction of sp³-hybridized carbons (Fsp3) is 0.455. The van der Waals surface area contributed by atoms with Gasteiger partial charge in [-0.3, -0.25) is 0 Å². The van der Waals surface area contributed by atoms with Gasteiger partial charge < -0.3 is 10.1 Å². The third-order valence-electron chi connectivity index (χ3n) is 1.98. The molecule has 7 heteroatoms. The zero-order chi connectivity index (χ0) is 13.6. The highest BCUT2D eigenvalue weighted by Gasteiger charge is 2.27. The average molecular weight is 300 g/mol. The number of ether oxygens (including phenoxy) is 1. The van der Waals surface area contributed by atoms with Gasteiger partial charge in [0.05, 0.1) is 11.6 Å². The van der Waals surface area contributed by atoms with E-state index >= 15 is 0 Å². The zero-order valence-electron chi connectivity index (χ0n) is 9.68. The quantitative estimate of drug-likeness (QED) is 0.810. The second-order valence-electron chi connectivity index (χ2n) is 3.44. The maximum Gasteiger partial charge on any atom is 0.441 e. The van der Waals surface area contributed by atoms with Crippen molar-refractivity contribution in [2.75, 3.05) is 19.4 Å². The number of alkyl halides is 3. The molecule has 0 amide bonds. The molecule has 0 spiro atoms. The highest BCUT2D eigenvalue weighted by Crippen LogP contribution is 2.30. The Bertz CT molecular complexity index is 387. The minimum absolute atomic E-state index is 0.0325. The summed E-state index contributed by atoms with van der Waals surface area (Å²) >= 11 is 5.84. The van der Waals surface area contributed by atoms with E-state index in [1.54, 1.807) is 12.1 Å². The van der Waals surface area contributed by atoms with Crippen LogP contribution >= 0.6 is 23.4 Å². The lowest BCUT2D eigenvalue weighted by Crippen LogP contribution is -2.08.